The summed E-state index contributed by atoms with van der Waals surface area (Å²) in [6, 6.07) is 4.69. The number of aryl methyl sites for hydroxylation is 1. The molecule has 140 valence electrons. The molecular formula is C16H18F2N4O4. The first-order chi connectivity index (χ1) is 12.4. The van der Waals surface area contributed by atoms with Crippen LogP contribution in [0.25, 0.3) is 0 Å². The van der Waals surface area contributed by atoms with Crippen molar-refractivity contribution in [2.75, 3.05) is 10.6 Å². The monoisotopic (exact) mass is 368 g/mol. The maximum atomic E-state index is 12.1. The van der Waals surface area contributed by atoms with E-state index in [0.29, 0.717) is 12.2 Å². The molecule has 1 heterocycles. The highest BCUT2D eigenvalue weighted by Crippen LogP contribution is 2.18. The molecule has 0 atom stereocenters. The summed E-state index contributed by atoms with van der Waals surface area (Å²) in [5.41, 5.74) is 0.341. The summed E-state index contributed by atoms with van der Waals surface area (Å²) in [4.78, 5) is 27.1. The Morgan fingerprint density at radius 2 is 1.96 bits per heavy atom. The van der Waals surface area contributed by atoms with Crippen LogP contribution in [0.1, 0.15) is 30.4 Å². The van der Waals surface area contributed by atoms with Gasteiger partial charge in [0, 0.05) is 18.4 Å². The first-order valence-corrected chi connectivity index (χ1v) is 7.82. The van der Waals surface area contributed by atoms with E-state index >= 15 is 0 Å². The van der Waals surface area contributed by atoms with Crippen molar-refractivity contribution in [3.05, 3.63) is 36.3 Å². The quantitative estimate of drug-likeness (QED) is 0.660. The van der Waals surface area contributed by atoms with Gasteiger partial charge in [-0.1, -0.05) is 13.3 Å². The van der Waals surface area contributed by atoms with Gasteiger partial charge >= 0.3 is 18.6 Å². The lowest BCUT2D eigenvalue weighted by atomic mass is 10.3. The third kappa shape index (κ3) is 5.43. The minimum absolute atomic E-state index is 0.0354. The third-order valence-corrected chi connectivity index (χ3v) is 3.30. The van der Waals surface area contributed by atoms with Crippen LogP contribution < -0.4 is 15.4 Å². The Hall–Kier alpha value is -3.17. The van der Waals surface area contributed by atoms with Gasteiger partial charge in [-0.2, -0.15) is 8.78 Å². The number of benzene rings is 1. The molecule has 0 saturated heterocycles. The first kappa shape index (κ1) is 19.2. The lowest BCUT2D eigenvalue weighted by Crippen LogP contribution is -2.19. The number of ether oxygens (including phenoxy) is 1. The van der Waals surface area contributed by atoms with Gasteiger partial charge in [0.15, 0.2) is 5.82 Å². The highest BCUT2D eigenvalue weighted by atomic mass is 19.3. The molecule has 0 spiro atoms. The molecule has 0 bridgehead atoms. The van der Waals surface area contributed by atoms with Crippen LogP contribution in [0.5, 0.6) is 5.75 Å². The number of anilines is 2. The molecule has 26 heavy (non-hydrogen) atoms. The van der Waals surface area contributed by atoms with E-state index in [4.69, 9.17) is 5.11 Å². The second-order valence-corrected chi connectivity index (χ2v) is 5.28. The van der Waals surface area contributed by atoms with Crippen molar-refractivity contribution < 1.29 is 28.2 Å². The number of carbonyl (C=O) groups is 2. The van der Waals surface area contributed by atoms with Crippen LogP contribution in [-0.2, 0) is 6.54 Å². The number of hydrogen-bond donors (Lipinski definition) is 3. The molecule has 1 aromatic heterocycles. The van der Waals surface area contributed by atoms with E-state index in [9.17, 15) is 18.4 Å². The van der Waals surface area contributed by atoms with Crippen molar-refractivity contribution in [2.45, 2.75) is 32.9 Å². The van der Waals surface area contributed by atoms with Crippen molar-refractivity contribution in [1.82, 2.24) is 9.55 Å². The second kappa shape index (κ2) is 8.79. The predicted octanol–water partition coefficient (Wildman–Crippen LogP) is 3.63. The van der Waals surface area contributed by atoms with Crippen molar-refractivity contribution in [2.24, 2.45) is 0 Å². The van der Waals surface area contributed by atoms with E-state index in [2.05, 4.69) is 20.4 Å². The van der Waals surface area contributed by atoms with Gasteiger partial charge in [-0.3, -0.25) is 5.32 Å². The van der Waals surface area contributed by atoms with Gasteiger partial charge in [-0.25, -0.2) is 14.6 Å². The number of carboxylic acids is 1. The maximum Gasteiger partial charge on any atom is 0.387 e. The summed E-state index contributed by atoms with van der Waals surface area (Å²) in [5.74, 6) is -1.30. The van der Waals surface area contributed by atoms with Crippen molar-refractivity contribution in [1.29, 1.82) is 0 Å². The average Bonchev–Trinajstić information content (AvgIpc) is 2.97. The normalized spacial score (nSPS) is 10.6. The van der Waals surface area contributed by atoms with E-state index in [1.165, 1.54) is 35.0 Å². The molecule has 2 amide bonds. The van der Waals surface area contributed by atoms with E-state index in [1.54, 1.807) is 0 Å². The fraction of sp³-hybridized carbons (Fsp3) is 0.312. The molecular weight excluding hydrogens is 350 g/mol. The van der Waals surface area contributed by atoms with Gasteiger partial charge in [0.1, 0.15) is 5.75 Å². The number of aromatic carboxylic acids is 1. The minimum atomic E-state index is -2.93. The Bertz CT molecular complexity index is 762. The van der Waals surface area contributed by atoms with E-state index < -0.39 is 18.6 Å². The molecule has 0 aliphatic carbocycles. The third-order valence-electron chi connectivity index (χ3n) is 3.30. The van der Waals surface area contributed by atoms with Gasteiger partial charge in [-0.05, 0) is 30.7 Å². The zero-order valence-electron chi connectivity index (χ0n) is 13.9. The van der Waals surface area contributed by atoms with Gasteiger partial charge in [-0.15, -0.1) is 0 Å². The molecule has 2 rings (SSSR count). The summed E-state index contributed by atoms with van der Waals surface area (Å²) in [6.07, 6.45) is 3.10. The number of imidazole rings is 1. The van der Waals surface area contributed by atoms with Crippen LogP contribution >= 0.6 is 0 Å². The number of urea groups is 1. The molecule has 0 aliphatic heterocycles. The lowest BCUT2D eigenvalue weighted by molar-refractivity contribution is -0.0498. The number of unbranched alkanes of at least 4 members (excludes halogenated alkanes) is 1. The molecule has 2 aromatic rings. The van der Waals surface area contributed by atoms with Crippen LogP contribution in [0.2, 0.25) is 0 Å². The molecule has 8 nitrogen and oxygen atoms in total. The number of carbonyl (C=O) groups excluding carboxylic acids is 1. The average molecular weight is 368 g/mol. The van der Waals surface area contributed by atoms with Crippen LogP contribution in [0.15, 0.2) is 30.5 Å². The summed E-state index contributed by atoms with van der Waals surface area (Å²) >= 11 is 0. The van der Waals surface area contributed by atoms with Crippen molar-refractivity contribution in [3.8, 4) is 5.75 Å². The Kier molecular flexibility index (Phi) is 6.48. The molecule has 0 aliphatic rings. The fourth-order valence-corrected chi connectivity index (χ4v) is 2.14. The molecule has 0 saturated carbocycles. The Morgan fingerprint density at radius 3 is 2.54 bits per heavy atom. The van der Waals surface area contributed by atoms with Crippen LogP contribution in [-0.4, -0.2) is 33.3 Å². The lowest BCUT2D eigenvalue weighted by Gasteiger charge is -2.07. The van der Waals surface area contributed by atoms with Crippen LogP contribution in [0.3, 0.4) is 0 Å². The van der Waals surface area contributed by atoms with E-state index in [0.717, 1.165) is 12.8 Å². The highest BCUT2D eigenvalue weighted by Gasteiger charge is 2.16. The van der Waals surface area contributed by atoms with Gasteiger partial charge in [0.2, 0.25) is 5.82 Å². The van der Waals surface area contributed by atoms with Crippen LogP contribution in [0, 0.1) is 0 Å². The molecule has 3 N–H and O–H groups in total. The van der Waals surface area contributed by atoms with Crippen molar-refractivity contribution >= 4 is 23.5 Å². The molecule has 0 unspecified atom stereocenters. The Morgan fingerprint density at radius 1 is 1.27 bits per heavy atom. The van der Waals surface area contributed by atoms with Crippen LogP contribution in [0.4, 0.5) is 25.1 Å². The topological polar surface area (TPSA) is 105 Å². The highest BCUT2D eigenvalue weighted by molar-refractivity contribution is 5.99. The Labute approximate surface area is 147 Å². The first-order valence-electron chi connectivity index (χ1n) is 7.82. The number of halogens is 2. The standard InChI is InChI=1S/C16H18F2N4O4/c1-2-3-8-22-9-12(20-13(22)14(23)24)21-16(25)19-10-4-6-11(7-5-10)26-15(17)18/h4-7,9,15H,2-3,8H2,1H3,(H,23,24)(H2,19,21,25). The summed E-state index contributed by atoms with van der Waals surface area (Å²) in [5, 5.41) is 14.1. The number of hydrogen-bond acceptors (Lipinski definition) is 4. The zero-order valence-corrected chi connectivity index (χ0v) is 13.9. The zero-order chi connectivity index (χ0) is 19.1. The number of nitrogens with one attached hydrogen (secondary N) is 2. The number of aromatic nitrogens is 2. The van der Waals surface area contributed by atoms with Gasteiger partial charge in [0.05, 0.1) is 0 Å². The summed E-state index contributed by atoms with van der Waals surface area (Å²) < 4.78 is 29.8. The van der Waals surface area contributed by atoms with Gasteiger partial charge < -0.3 is 19.7 Å². The minimum Gasteiger partial charge on any atom is -0.475 e. The Balaban J connectivity index is 1.99. The summed E-state index contributed by atoms with van der Waals surface area (Å²) in [7, 11) is 0. The van der Waals surface area contributed by atoms with Gasteiger partial charge in [0.25, 0.3) is 0 Å². The second-order valence-electron chi connectivity index (χ2n) is 5.28. The largest absolute Gasteiger partial charge is 0.475 e. The number of amides is 2. The number of nitrogens with zero attached hydrogens (tertiary/aromatic N) is 2. The number of carboxylic acid groups (broad SMARTS) is 1. The molecule has 0 fully saturated rings. The van der Waals surface area contributed by atoms with E-state index in [-0.39, 0.29) is 17.4 Å². The maximum absolute atomic E-state index is 12.1. The molecule has 1 aromatic carbocycles. The molecule has 10 heteroatoms. The number of alkyl halides is 2. The smallest absolute Gasteiger partial charge is 0.387 e. The summed E-state index contributed by atoms with van der Waals surface area (Å²) in [6.45, 7) is -0.481. The van der Waals surface area contributed by atoms with E-state index in [1.807, 2.05) is 6.92 Å². The fourth-order valence-electron chi connectivity index (χ4n) is 2.14. The number of rotatable bonds is 8. The molecule has 0 radical (unpaired) electrons. The SMILES string of the molecule is CCCCn1cc(NC(=O)Nc2ccc(OC(F)F)cc2)nc1C(=O)O. The van der Waals surface area contributed by atoms with Crippen molar-refractivity contribution in [3.63, 3.8) is 0 Å². The predicted molar refractivity (Wildman–Crippen MR) is 89.8 cm³/mol.